The fourth-order valence-electron chi connectivity index (χ4n) is 4.16. The summed E-state index contributed by atoms with van der Waals surface area (Å²) in [7, 11) is 1.64. The number of pyridine rings is 1. The highest BCUT2D eigenvalue weighted by molar-refractivity contribution is 6.06. The molecule has 0 radical (unpaired) electrons. The van der Waals surface area contributed by atoms with E-state index in [9.17, 15) is 4.79 Å². The van der Waals surface area contributed by atoms with Crippen LogP contribution in [0.15, 0.2) is 96.4 Å². The summed E-state index contributed by atoms with van der Waals surface area (Å²) in [5.41, 5.74) is 4.36. The first-order valence-corrected chi connectivity index (χ1v) is 10.1. The van der Waals surface area contributed by atoms with Gasteiger partial charge >= 0.3 is 0 Å². The monoisotopic (exact) mass is 407 g/mol. The second-order valence-electron chi connectivity index (χ2n) is 7.43. The molecule has 1 aliphatic heterocycles. The number of rotatable bonds is 5. The van der Waals surface area contributed by atoms with E-state index in [4.69, 9.17) is 9.73 Å². The number of aliphatic imine (C=N–C) groups is 1. The van der Waals surface area contributed by atoms with Crippen LogP contribution >= 0.6 is 0 Å². The van der Waals surface area contributed by atoms with Crippen LogP contribution in [0.1, 0.15) is 33.7 Å². The molecule has 1 aliphatic rings. The van der Waals surface area contributed by atoms with E-state index in [0.717, 1.165) is 28.1 Å². The number of ketones is 1. The zero-order valence-corrected chi connectivity index (χ0v) is 17.1. The third-order valence-electron chi connectivity index (χ3n) is 5.67. The summed E-state index contributed by atoms with van der Waals surface area (Å²) in [5.74, 6) is 0.777. The van der Waals surface area contributed by atoms with Gasteiger partial charge in [0.2, 0.25) is 0 Å². The molecule has 0 N–H and O–H groups in total. The summed E-state index contributed by atoms with van der Waals surface area (Å²) in [5, 5.41) is 0. The number of benzene rings is 2. The smallest absolute Gasteiger partial charge is 0.188 e. The van der Waals surface area contributed by atoms with Gasteiger partial charge in [0.15, 0.2) is 5.78 Å². The molecule has 0 bridgehead atoms. The van der Waals surface area contributed by atoms with Crippen LogP contribution in [0, 0.1) is 0 Å². The fourth-order valence-corrected chi connectivity index (χ4v) is 4.16. The lowest BCUT2D eigenvalue weighted by Gasteiger charge is -2.30. The molecule has 0 aliphatic carbocycles. The van der Waals surface area contributed by atoms with Gasteiger partial charge in [-0.05, 0) is 53.1 Å². The summed E-state index contributed by atoms with van der Waals surface area (Å²) in [6.45, 7) is 0. The minimum Gasteiger partial charge on any atom is -0.497 e. The number of Topliss-reactive ketones (excluding diaryl/α,β-unsaturated/α-hetero) is 1. The predicted molar refractivity (Wildman–Crippen MR) is 121 cm³/mol. The van der Waals surface area contributed by atoms with Gasteiger partial charge in [0.25, 0.3) is 0 Å². The van der Waals surface area contributed by atoms with E-state index in [2.05, 4.69) is 4.98 Å². The van der Waals surface area contributed by atoms with Crippen LogP contribution in [0.3, 0.4) is 0 Å². The van der Waals surface area contributed by atoms with Crippen LogP contribution in [-0.4, -0.2) is 28.7 Å². The minimum atomic E-state index is -0.482. The van der Waals surface area contributed by atoms with Gasteiger partial charge in [0.1, 0.15) is 17.8 Å². The molecule has 152 valence electrons. The predicted octanol–water partition coefficient (Wildman–Crippen LogP) is 5.16. The fraction of sp³-hybridized carbons (Fsp3) is 0.115. The van der Waals surface area contributed by atoms with E-state index in [1.54, 1.807) is 19.5 Å². The van der Waals surface area contributed by atoms with E-state index in [1.165, 1.54) is 0 Å². The van der Waals surface area contributed by atoms with E-state index in [1.807, 2.05) is 89.8 Å². The van der Waals surface area contributed by atoms with E-state index >= 15 is 0 Å². The Bertz CT molecular complexity index is 1260. The van der Waals surface area contributed by atoms with Crippen LogP contribution in [0.5, 0.6) is 5.75 Å². The lowest BCUT2D eigenvalue weighted by Crippen LogP contribution is -2.29. The Morgan fingerprint density at radius 1 is 0.968 bits per heavy atom. The van der Waals surface area contributed by atoms with Crippen LogP contribution in [0.2, 0.25) is 0 Å². The van der Waals surface area contributed by atoms with Crippen molar-refractivity contribution in [2.24, 2.45) is 4.99 Å². The second kappa shape index (κ2) is 8.03. The van der Waals surface area contributed by atoms with Crippen molar-refractivity contribution in [3.05, 3.63) is 108 Å². The van der Waals surface area contributed by atoms with Crippen LogP contribution in [0.25, 0.3) is 11.1 Å². The van der Waals surface area contributed by atoms with Gasteiger partial charge in [-0.2, -0.15) is 0 Å². The van der Waals surface area contributed by atoms with E-state index in [0.29, 0.717) is 5.56 Å². The Kier molecular flexibility index (Phi) is 4.92. The number of hydrogen-bond acceptors (Lipinski definition) is 4. The number of aromatic nitrogens is 2. The van der Waals surface area contributed by atoms with Gasteiger partial charge in [-0.3, -0.25) is 14.8 Å². The van der Waals surface area contributed by atoms with Crippen molar-refractivity contribution in [3.8, 4) is 16.9 Å². The van der Waals surface area contributed by atoms with Crippen LogP contribution in [-0.2, 0) is 0 Å². The summed E-state index contributed by atoms with van der Waals surface area (Å²) in [6, 6.07) is 22.5. The van der Waals surface area contributed by atoms with Gasteiger partial charge < -0.3 is 9.30 Å². The minimum absolute atomic E-state index is 0.0227. The first-order chi connectivity index (χ1) is 15.3. The van der Waals surface area contributed by atoms with Gasteiger partial charge in [-0.15, -0.1) is 0 Å². The number of carbonyl (C=O) groups is 1. The average molecular weight is 407 g/mol. The lowest BCUT2D eigenvalue weighted by molar-refractivity contribution is 0.0906. The SMILES string of the molecule is COc1cccc(-c2ccccc2C(=O)[C@@H]2[C@@H](c3ccncc3)N=Cc3cccn32)c1. The Labute approximate surface area is 180 Å². The van der Waals surface area contributed by atoms with E-state index in [-0.39, 0.29) is 11.8 Å². The van der Waals surface area contributed by atoms with Crippen molar-refractivity contribution in [2.75, 3.05) is 7.11 Å². The average Bonchev–Trinajstić information content (AvgIpc) is 3.32. The molecule has 2 atom stereocenters. The standard InChI is InChI=1S/C26H21N3O2/c1-31-21-8-4-6-19(16-21)22-9-2-3-10-23(22)26(30)25-24(18-11-13-27-14-12-18)28-17-20-7-5-15-29(20)25/h2-17,24-25H,1H3/t24-,25+/m1/s1. The highest BCUT2D eigenvalue weighted by Gasteiger charge is 2.35. The molecule has 2 aromatic heterocycles. The molecule has 2 aromatic carbocycles. The molecule has 3 heterocycles. The third-order valence-corrected chi connectivity index (χ3v) is 5.67. The number of ether oxygens (including phenoxy) is 1. The van der Waals surface area contributed by atoms with Crippen molar-refractivity contribution >= 4 is 12.0 Å². The Hall–Kier alpha value is -3.99. The molecule has 0 unspecified atom stereocenters. The molecule has 0 saturated heterocycles. The molecule has 5 nitrogen and oxygen atoms in total. The first kappa shape index (κ1) is 19.0. The maximum Gasteiger partial charge on any atom is 0.188 e. The molecule has 5 rings (SSSR count). The van der Waals surface area contributed by atoms with Gasteiger partial charge in [-0.25, -0.2) is 0 Å². The summed E-state index contributed by atoms with van der Waals surface area (Å²) in [4.78, 5) is 22.9. The topological polar surface area (TPSA) is 56.5 Å². The Morgan fingerprint density at radius 2 is 1.81 bits per heavy atom. The third kappa shape index (κ3) is 3.44. The van der Waals surface area contributed by atoms with Gasteiger partial charge in [-0.1, -0.05) is 36.4 Å². The number of carbonyl (C=O) groups excluding carboxylic acids is 1. The lowest BCUT2D eigenvalue weighted by atomic mass is 9.88. The number of fused-ring (bicyclic) bond motifs is 1. The van der Waals surface area contributed by atoms with Crippen LogP contribution in [0.4, 0.5) is 0 Å². The van der Waals surface area contributed by atoms with Crippen molar-refractivity contribution in [3.63, 3.8) is 0 Å². The quantitative estimate of drug-likeness (QED) is 0.430. The van der Waals surface area contributed by atoms with Crippen molar-refractivity contribution in [1.29, 1.82) is 0 Å². The molecular formula is C26H21N3O2. The van der Waals surface area contributed by atoms with Gasteiger partial charge in [0, 0.05) is 30.4 Å². The maximum atomic E-state index is 14.1. The zero-order valence-electron chi connectivity index (χ0n) is 17.1. The second-order valence-corrected chi connectivity index (χ2v) is 7.43. The number of nitrogens with zero attached hydrogens (tertiary/aromatic N) is 3. The molecule has 0 spiro atoms. The molecule has 0 amide bonds. The molecule has 31 heavy (non-hydrogen) atoms. The van der Waals surface area contributed by atoms with E-state index < -0.39 is 6.04 Å². The zero-order chi connectivity index (χ0) is 21.2. The Balaban J connectivity index is 1.63. The number of hydrogen-bond donors (Lipinski definition) is 0. The van der Waals surface area contributed by atoms with Crippen molar-refractivity contribution in [1.82, 2.24) is 9.55 Å². The molecule has 5 heteroatoms. The normalized spacial score (nSPS) is 17.2. The first-order valence-electron chi connectivity index (χ1n) is 10.1. The largest absolute Gasteiger partial charge is 0.497 e. The molecular weight excluding hydrogens is 386 g/mol. The van der Waals surface area contributed by atoms with Gasteiger partial charge in [0.05, 0.1) is 12.8 Å². The highest BCUT2D eigenvalue weighted by atomic mass is 16.5. The maximum absolute atomic E-state index is 14.1. The highest BCUT2D eigenvalue weighted by Crippen LogP contribution is 2.38. The van der Waals surface area contributed by atoms with Crippen molar-refractivity contribution in [2.45, 2.75) is 12.1 Å². The van der Waals surface area contributed by atoms with Crippen molar-refractivity contribution < 1.29 is 9.53 Å². The Morgan fingerprint density at radius 3 is 2.65 bits per heavy atom. The van der Waals surface area contributed by atoms with Crippen LogP contribution < -0.4 is 4.74 Å². The number of methoxy groups -OCH3 is 1. The molecule has 0 saturated carbocycles. The summed E-state index contributed by atoms with van der Waals surface area (Å²) < 4.78 is 7.41. The molecule has 4 aromatic rings. The summed E-state index contributed by atoms with van der Waals surface area (Å²) in [6.07, 6.45) is 7.26. The molecule has 0 fully saturated rings. The summed E-state index contributed by atoms with van der Waals surface area (Å²) >= 11 is 0.